The first-order chi connectivity index (χ1) is 15.9. The maximum Gasteiger partial charge on any atom is 0.394 e. The minimum absolute atomic E-state index is 0.0384. The molecule has 0 heterocycles. The zero-order valence-corrected chi connectivity index (χ0v) is 20.7. The van der Waals surface area contributed by atoms with Crippen molar-refractivity contribution in [2.45, 2.75) is 32.6 Å². The minimum atomic E-state index is -4.67. The van der Waals surface area contributed by atoms with Gasteiger partial charge in [-0.25, -0.2) is 0 Å². The van der Waals surface area contributed by atoms with Crippen LogP contribution in [0.3, 0.4) is 0 Å². The van der Waals surface area contributed by atoms with Crippen molar-refractivity contribution in [3.8, 4) is 0 Å². The van der Waals surface area contributed by atoms with Crippen LogP contribution >= 0.6 is 0 Å². The van der Waals surface area contributed by atoms with Crippen molar-refractivity contribution in [1.82, 2.24) is 0 Å². The lowest BCUT2D eigenvalue weighted by molar-refractivity contribution is -0.0215. The predicted molar refractivity (Wildman–Crippen MR) is 121 cm³/mol. The molecule has 0 spiro atoms. The third kappa shape index (κ3) is 45.7. The van der Waals surface area contributed by atoms with Crippen molar-refractivity contribution in [3.05, 3.63) is 0 Å². The summed E-state index contributed by atoms with van der Waals surface area (Å²) in [4.78, 5) is 0. The van der Waals surface area contributed by atoms with E-state index < -0.39 is 10.4 Å². The molecule has 0 saturated carbocycles. The molecule has 0 unspecified atom stereocenters. The molecule has 0 radical (unpaired) electrons. The van der Waals surface area contributed by atoms with E-state index in [-0.39, 0.29) is 6.61 Å². The summed E-state index contributed by atoms with van der Waals surface area (Å²) in [6.07, 6.45) is 4.92. The highest BCUT2D eigenvalue weighted by Gasteiger charge is 1.95. The van der Waals surface area contributed by atoms with E-state index in [4.69, 9.17) is 55.8 Å². The Hall–Kier alpha value is -0.450. The van der Waals surface area contributed by atoms with Gasteiger partial charge in [-0.05, 0) is 6.42 Å². The van der Waals surface area contributed by atoms with Crippen molar-refractivity contribution in [2.24, 2.45) is 0 Å². The zero-order chi connectivity index (χ0) is 24.9. The molecule has 202 valence electrons. The lowest BCUT2D eigenvalue weighted by Crippen LogP contribution is -2.14. The van der Waals surface area contributed by atoms with Crippen molar-refractivity contribution in [1.29, 1.82) is 0 Å². The Morgan fingerprint density at radius 2 is 0.758 bits per heavy atom. The van der Waals surface area contributed by atoms with Crippen LogP contribution in [0.25, 0.3) is 0 Å². The Kier molecular flexibility index (Phi) is 31.1. The van der Waals surface area contributed by atoms with E-state index in [1.54, 1.807) is 0 Å². The highest BCUT2D eigenvalue weighted by molar-refractivity contribution is 7.79. The Morgan fingerprint density at radius 1 is 0.485 bits per heavy atom. The Balaban J connectivity index is 0. The van der Waals surface area contributed by atoms with E-state index in [1.807, 2.05) is 0 Å². The molecule has 0 aliphatic heterocycles. The summed E-state index contributed by atoms with van der Waals surface area (Å²) in [5.74, 6) is 0. The number of ether oxygens (including phenoxy) is 7. The van der Waals surface area contributed by atoms with Crippen LogP contribution in [0.15, 0.2) is 0 Å². The molecule has 3 N–H and O–H groups in total. The van der Waals surface area contributed by atoms with Crippen molar-refractivity contribution in [2.75, 3.05) is 99.1 Å². The zero-order valence-electron chi connectivity index (χ0n) is 19.9. The van der Waals surface area contributed by atoms with E-state index >= 15 is 0 Å². The summed E-state index contributed by atoms with van der Waals surface area (Å²) < 4.78 is 69.1. The molecule has 0 aromatic heterocycles. The molecule has 0 aliphatic carbocycles. The molecule has 0 amide bonds. The second kappa shape index (κ2) is 29.6. The van der Waals surface area contributed by atoms with E-state index in [2.05, 4.69) is 6.92 Å². The van der Waals surface area contributed by atoms with Crippen LogP contribution in [0.2, 0.25) is 0 Å². The molecule has 0 bridgehead atoms. The van der Waals surface area contributed by atoms with Gasteiger partial charge in [-0.3, -0.25) is 9.11 Å². The standard InChI is InChI=1S/C20H42O8.H2O4S/c1-2-3-4-5-7-22-9-11-24-13-15-26-17-19-28-20-18-27-16-14-25-12-10-23-8-6-21;1-5(2,3)4/h21H,2-20H2,1H3;(H2,1,2,3,4). The summed E-state index contributed by atoms with van der Waals surface area (Å²) in [7, 11) is -4.67. The molecule has 0 fully saturated rings. The van der Waals surface area contributed by atoms with Gasteiger partial charge in [0.1, 0.15) is 0 Å². The van der Waals surface area contributed by atoms with Crippen LogP contribution in [0, 0.1) is 0 Å². The Morgan fingerprint density at radius 3 is 1.03 bits per heavy atom. The second-order valence-corrected chi connectivity index (χ2v) is 7.41. The lowest BCUT2D eigenvalue weighted by Gasteiger charge is -2.08. The van der Waals surface area contributed by atoms with Crippen LogP contribution in [0.1, 0.15) is 32.6 Å². The summed E-state index contributed by atoms with van der Waals surface area (Å²) in [5.41, 5.74) is 0. The second-order valence-electron chi connectivity index (χ2n) is 6.52. The molecule has 0 aromatic rings. The average molecular weight is 509 g/mol. The molecular weight excluding hydrogens is 464 g/mol. The fourth-order valence-corrected chi connectivity index (χ4v) is 2.12. The van der Waals surface area contributed by atoms with Gasteiger partial charge in [0, 0.05) is 6.61 Å². The number of rotatable bonds is 25. The van der Waals surface area contributed by atoms with Crippen LogP contribution in [-0.2, 0) is 43.6 Å². The first-order valence-electron chi connectivity index (χ1n) is 11.3. The van der Waals surface area contributed by atoms with Gasteiger partial charge < -0.3 is 38.3 Å². The maximum absolute atomic E-state index is 8.74. The smallest absolute Gasteiger partial charge is 0.394 e. The Bertz CT molecular complexity index is 416. The largest absolute Gasteiger partial charge is 0.394 e. The molecule has 12 nitrogen and oxygen atoms in total. The number of unbranched alkanes of at least 4 members (excludes halogenated alkanes) is 3. The fraction of sp³-hybridized carbons (Fsp3) is 1.00. The van der Waals surface area contributed by atoms with Gasteiger partial charge in [0.25, 0.3) is 0 Å². The maximum atomic E-state index is 8.74. The first kappa shape index (κ1) is 34.7. The van der Waals surface area contributed by atoms with Gasteiger partial charge in [-0.2, -0.15) is 8.42 Å². The molecule has 0 rings (SSSR count). The van der Waals surface area contributed by atoms with Crippen LogP contribution in [0.5, 0.6) is 0 Å². The number of hydrogen-bond donors (Lipinski definition) is 3. The summed E-state index contributed by atoms with van der Waals surface area (Å²) in [6.45, 7) is 10.0. The van der Waals surface area contributed by atoms with Crippen molar-refractivity contribution >= 4 is 10.4 Å². The molecule has 0 aromatic carbocycles. The topological polar surface area (TPSA) is 159 Å². The minimum Gasteiger partial charge on any atom is -0.394 e. The van der Waals surface area contributed by atoms with Gasteiger partial charge in [0.2, 0.25) is 0 Å². The summed E-state index contributed by atoms with van der Waals surface area (Å²) in [5, 5.41) is 8.53. The molecule has 0 atom stereocenters. The summed E-state index contributed by atoms with van der Waals surface area (Å²) in [6, 6.07) is 0. The average Bonchev–Trinajstić information content (AvgIpc) is 2.75. The van der Waals surface area contributed by atoms with Gasteiger partial charge in [0.15, 0.2) is 0 Å². The van der Waals surface area contributed by atoms with Gasteiger partial charge in [0.05, 0.1) is 92.5 Å². The van der Waals surface area contributed by atoms with Gasteiger partial charge in [-0.1, -0.05) is 26.2 Å². The molecule has 0 saturated heterocycles. The molecule has 13 heteroatoms. The van der Waals surface area contributed by atoms with Gasteiger partial charge >= 0.3 is 10.4 Å². The van der Waals surface area contributed by atoms with Crippen LogP contribution in [0.4, 0.5) is 0 Å². The predicted octanol–water partition coefficient (Wildman–Crippen LogP) is 1.02. The van der Waals surface area contributed by atoms with Crippen LogP contribution in [-0.4, -0.2) is 122 Å². The monoisotopic (exact) mass is 508 g/mol. The third-order valence-electron chi connectivity index (χ3n) is 3.61. The van der Waals surface area contributed by atoms with E-state index in [0.29, 0.717) is 85.9 Å². The summed E-state index contributed by atoms with van der Waals surface area (Å²) >= 11 is 0. The van der Waals surface area contributed by atoms with Crippen LogP contribution < -0.4 is 0 Å². The first-order valence-corrected chi connectivity index (χ1v) is 12.7. The lowest BCUT2D eigenvalue weighted by atomic mass is 10.2. The SMILES string of the molecule is CCCCCCOCCOCCOCCOCCOCCOCCOCCO.O=S(=O)(O)O. The number of hydrogen-bond acceptors (Lipinski definition) is 10. The third-order valence-corrected chi connectivity index (χ3v) is 3.61. The Labute approximate surface area is 198 Å². The fourth-order valence-electron chi connectivity index (χ4n) is 2.12. The van der Waals surface area contributed by atoms with E-state index in [1.165, 1.54) is 19.3 Å². The van der Waals surface area contributed by atoms with E-state index in [9.17, 15) is 0 Å². The van der Waals surface area contributed by atoms with Gasteiger partial charge in [-0.15, -0.1) is 0 Å². The number of aliphatic hydroxyl groups is 1. The highest BCUT2D eigenvalue weighted by atomic mass is 32.3. The quantitative estimate of drug-likeness (QED) is 0.119. The van der Waals surface area contributed by atoms with E-state index in [0.717, 1.165) is 13.0 Å². The van der Waals surface area contributed by atoms with Crippen molar-refractivity contribution < 1.29 is 55.8 Å². The molecular formula is C20H44O12S. The number of aliphatic hydroxyl groups excluding tert-OH is 1. The molecule has 33 heavy (non-hydrogen) atoms. The van der Waals surface area contributed by atoms with Crippen molar-refractivity contribution in [3.63, 3.8) is 0 Å². The molecule has 0 aliphatic rings. The normalized spacial score (nSPS) is 11.4. The highest BCUT2D eigenvalue weighted by Crippen LogP contribution is 1.98.